The quantitative estimate of drug-likeness (QED) is 0.199. The highest BCUT2D eigenvalue weighted by molar-refractivity contribution is 5.88. The molecule has 46 heavy (non-hydrogen) atoms. The smallest absolute Gasteiger partial charge is 0.145 e. The van der Waals surface area contributed by atoms with E-state index in [9.17, 15) is 0 Å². The predicted molar refractivity (Wildman–Crippen MR) is 188 cm³/mol. The summed E-state index contributed by atoms with van der Waals surface area (Å²) in [6.45, 7) is 0. The molecule has 2 unspecified atom stereocenters. The minimum absolute atomic E-state index is 0.0246. The maximum Gasteiger partial charge on any atom is 0.145 e. The molecule has 9 rings (SSSR count). The number of ether oxygens (including phenoxy) is 1. The number of allylic oxidation sites excluding steroid dienone is 2. The molecule has 6 aromatic carbocycles. The maximum atomic E-state index is 6.63. The van der Waals surface area contributed by atoms with Gasteiger partial charge in [0, 0.05) is 28.3 Å². The first-order valence-electron chi connectivity index (χ1n) is 15.8. The second-order valence-corrected chi connectivity index (χ2v) is 11.9. The third kappa shape index (κ3) is 4.48. The van der Waals surface area contributed by atoms with Gasteiger partial charge in [-0.05, 0) is 76.4 Å². The highest BCUT2D eigenvalue weighted by Gasteiger charge is 2.34. The molecule has 0 fully saturated rings. The van der Waals surface area contributed by atoms with E-state index >= 15 is 0 Å². The van der Waals surface area contributed by atoms with Gasteiger partial charge in [0.2, 0.25) is 0 Å². The minimum atomic E-state index is 0.0246. The fraction of sp³-hybridized carbons (Fsp3) is 0.0465. The zero-order valence-electron chi connectivity index (χ0n) is 25.1. The first-order valence-corrected chi connectivity index (χ1v) is 15.8. The van der Waals surface area contributed by atoms with Crippen molar-refractivity contribution in [2.45, 2.75) is 12.0 Å². The Hall–Kier alpha value is -5.93. The Bertz CT molecular complexity index is 2280. The van der Waals surface area contributed by atoms with Gasteiger partial charge < -0.3 is 4.74 Å². The molecule has 218 valence electrons. The van der Waals surface area contributed by atoms with E-state index in [1.807, 2.05) is 0 Å². The molecule has 0 amide bonds. The summed E-state index contributed by atoms with van der Waals surface area (Å²) in [5.41, 5.74) is 12.3. The van der Waals surface area contributed by atoms with Crippen LogP contribution in [-0.2, 0) is 0 Å². The highest BCUT2D eigenvalue weighted by atomic mass is 16.5. The molecule has 1 aliphatic heterocycles. The first kappa shape index (κ1) is 26.5. The van der Waals surface area contributed by atoms with E-state index in [1.54, 1.807) is 0 Å². The van der Waals surface area contributed by atoms with Gasteiger partial charge in [0.1, 0.15) is 17.7 Å². The summed E-state index contributed by atoms with van der Waals surface area (Å²) in [5, 5.41) is 0. The molecule has 0 spiro atoms. The van der Waals surface area contributed by atoms with Gasteiger partial charge in [0.25, 0.3) is 0 Å². The van der Waals surface area contributed by atoms with Crippen molar-refractivity contribution in [2.75, 3.05) is 0 Å². The number of hydrogen-bond donors (Lipinski definition) is 0. The van der Waals surface area contributed by atoms with Gasteiger partial charge >= 0.3 is 0 Å². The van der Waals surface area contributed by atoms with Gasteiger partial charge in [0.05, 0.1) is 11.0 Å². The Labute approximate surface area is 268 Å². The summed E-state index contributed by atoms with van der Waals surface area (Å²) in [6.07, 6.45) is 8.64. The maximum absolute atomic E-state index is 6.63. The lowest BCUT2D eigenvalue weighted by Crippen LogP contribution is -2.15. The van der Waals surface area contributed by atoms with Crippen molar-refractivity contribution in [1.82, 2.24) is 9.55 Å². The summed E-state index contributed by atoms with van der Waals surface area (Å²) < 4.78 is 8.91. The van der Waals surface area contributed by atoms with Gasteiger partial charge in [-0.3, -0.25) is 4.57 Å². The lowest BCUT2D eigenvalue weighted by molar-refractivity contribution is 0.270. The minimum Gasteiger partial charge on any atom is -0.484 e. The van der Waals surface area contributed by atoms with Crippen molar-refractivity contribution >= 4 is 11.0 Å². The van der Waals surface area contributed by atoms with Crippen molar-refractivity contribution in [2.24, 2.45) is 0 Å². The number of para-hydroxylation sites is 4. The zero-order chi connectivity index (χ0) is 30.5. The molecule has 3 nitrogen and oxygen atoms in total. The Morgan fingerprint density at radius 3 is 2.00 bits per heavy atom. The van der Waals surface area contributed by atoms with Gasteiger partial charge in [-0.2, -0.15) is 0 Å². The van der Waals surface area contributed by atoms with Gasteiger partial charge in [0.15, 0.2) is 0 Å². The molecule has 0 radical (unpaired) electrons. The number of imidazole rings is 1. The molecular formula is C43H30N2O. The van der Waals surface area contributed by atoms with Gasteiger partial charge in [-0.15, -0.1) is 0 Å². The molecule has 2 heterocycles. The van der Waals surface area contributed by atoms with E-state index < -0.39 is 0 Å². The van der Waals surface area contributed by atoms with Crippen LogP contribution >= 0.6 is 0 Å². The number of rotatable bonds is 5. The van der Waals surface area contributed by atoms with Crippen LogP contribution < -0.4 is 4.74 Å². The Kier molecular flexibility index (Phi) is 6.27. The molecule has 0 saturated heterocycles. The molecule has 0 N–H and O–H groups in total. The normalized spacial score (nSPS) is 16.3. The zero-order valence-corrected chi connectivity index (χ0v) is 25.1. The average molecular weight is 591 g/mol. The van der Waals surface area contributed by atoms with Gasteiger partial charge in [-0.25, -0.2) is 4.98 Å². The average Bonchev–Trinajstić information content (AvgIpc) is 3.71. The molecule has 7 aromatic rings. The molecule has 0 saturated carbocycles. The van der Waals surface area contributed by atoms with Crippen molar-refractivity contribution in [3.05, 3.63) is 175 Å². The van der Waals surface area contributed by atoms with E-state index in [2.05, 4.69) is 174 Å². The van der Waals surface area contributed by atoms with E-state index in [-0.39, 0.29) is 12.0 Å². The second-order valence-electron chi connectivity index (χ2n) is 11.9. The largest absolute Gasteiger partial charge is 0.484 e. The van der Waals surface area contributed by atoms with Crippen LogP contribution in [-0.4, -0.2) is 15.7 Å². The third-order valence-corrected chi connectivity index (χ3v) is 9.15. The Morgan fingerprint density at radius 2 is 1.17 bits per heavy atom. The van der Waals surface area contributed by atoms with E-state index in [0.717, 1.165) is 56.1 Å². The summed E-state index contributed by atoms with van der Waals surface area (Å²) in [5.74, 6) is 2.10. The summed E-state index contributed by atoms with van der Waals surface area (Å²) in [6, 6.07) is 51.7. The van der Waals surface area contributed by atoms with E-state index in [0.29, 0.717) is 0 Å². The van der Waals surface area contributed by atoms with Crippen LogP contribution in [0.25, 0.3) is 61.5 Å². The standard InChI is InChI=1S/C43H30N2O/c1-3-12-29(13-4-1)30-22-24-31(25-23-30)32-26-33(36-17-11-18-38-37-16-7-10-21-41(37)46-42(36)38)28-34(27-32)43-44-39-19-8-9-20-40(39)45(43)35-14-5-2-6-15-35/h1-28,37,41H. The number of hydrogen-bond acceptors (Lipinski definition) is 2. The van der Waals surface area contributed by atoms with E-state index in [4.69, 9.17) is 9.72 Å². The Balaban J connectivity index is 1.26. The summed E-state index contributed by atoms with van der Waals surface area (Å²) >= 11 is 0. The van der Waals surface area contributed by atoms with Crippen LogP contribution in [0.3, 0.4) is 0 Å². The lowest BCUT2D eigenvalue weighted by atomic mass is 9.89. The fourth-order valence-electron chi connectivity index (χ4n) is 6.91. The van der Waals surface area contributed by atoms with Crippen LogP contribution in [0.15, 0.2) is 170 Å². The number of aromatic nitrogens is 2. The molecule has 2 aliphatic rings. The van der Waals surface area contributed by atoms with Crippen molar-refractivity contribution in [3.63, 3.8) is 0 Å². The van der Waals surface area contributed by atoms with Crippen molar-refractivity contribution in [1.29, 1.82) is 0 Å². The van der Waals surface area contributed by atoms with Crippen molar-refractivity contribution in [3.8, 4) is 56.2 Å². The molecule has 1 aliphatic carbocycles. The number of fused-ring (bicyclic) bond motifs is 4. The molecule has 0 bridgehead atoms. The van der Waals surface area contributed by atoms with E-state index in [1.165, 1.54) is 16.7 Å². The predicted octanol–water partition coefficient (Wildman–Crippen LogP) is 10.7. The van der Waals surface area contributed by atoms with Crippen LogP contribution in [0.5, 0.6) is 5.75 Å². The van der Waals surface area contributed by atoms with Crippen LogP contribution in [0, 0.1) is 0 Å². The molecule has 2 atom stereocenters. The monoisotopic (exact) mass is 590 g/mol. The highest BCUT2D eigenvalue weighted by Crippen LogP contribution is 2.47. The molecular weight excluding hydrogens is 560 g/mol. The lowest BCUT2D eigenvalue weighted by Gasteiger charge is -2.15. The molecule has 3 heteroatoms. The Morgan fingerprint density at radius 1 is 0.522 bits per heavy atom. The van der Waals surface area contributed by atoms with Crippen LogP contribution in [0.2, 0.25) is 0 Å². The first-order chi connectivity index (χ1) is 22.8. The fourth-order valence-corrected chi connectivity index (χ4v) is 6.91. The van der Waals surface area contributed by atoms with Crippen LogP contribution in [0.1, 0.15) is 11.5 Å². The van der Waals surface area contributed by atoms with Gasteiger partial charge in [-0.1, -0.05) is 121 Å². The molecule has 1 aromatic heterocycles. The summed E-state index contributed by atoms with van der Waals surface area (Å²) in [7, 11) is 0. The summed E-state index contributed by atoms with van der Waals surface area (Å²) in [4.78, 5) is 5.23. The third-order valence-electron chi connectivity index (χ3n) is 9.15. The topological polar surface area (TPSA) is 27.1 Å². The number of benzene rings is 6. The number of nitrogens with zero attached hydrogens (tertiary/aromatic N) is 2. The second kappa shape index (κ2) is 10.9. The van der Waals surface area contributed by atoms with Crippen molar-refractivity contribution < 1.29 is 4.74 Å². The van der Waals surface area contributed by atoms with Crippen LogP contribution in [0.4, 0.5) is 0 Å². The SMILES string of the molecule is C1=CC2Oc3c(-c4cc(-c5ccc(-c6ccccc6)cc5)cc(-c5nc6ccccc6n5-c5ccccc5)c4)cccc3C2C=C1.